The topological polar surface area (TPSA) is 82.2 Å². The SMILES string of the molecule is Cc1c(-c2ccccc2)sc(NC(=O)CN2CCN(C(=O)C3CC3)CC2)c1C(=O)N1CCOCC1. The predicted molar refractivity (Wildman–Crippen MR) is 136 cm³/mol. The van der Waals surface area contributed by atoms with Gasteiger partial charge in [0, 0.05) is 50.1 Å². The van der Waals surface area contributed by atoms with Crippen LogP contribution in [0.3, 0.4) is 0 Å². The highest BCUT2D eigenvalue weighted by Crippen LogP contribution is 2.40. The summed E-state index contributed by atoms with van der Waals surface area (Å²) in [7, 11) is 0. The fraction of sp³-hybridized carbons (Fsp3) is 0.500. The Bertz CT molecular complexity index is 1080. The minimum Gasteiger partial charge on any atom is -0.378 e. The second-order valence-electron chi connectivity index (χ2n) is 9.45. The van der Waals surface area contributed by atoms with E-state index in [9.17, 15) is 14.4 Å². The van der Waals surface area contributed by atoms with Crippen molar-refractivity contribution in [2.75, 3.05) is 64.3 Å². The van der Waals surface area contributed by atoms with E-state index >= 15 is 0 Å². The molecule has 1 aromatic heterocycles. The normalized spacial score (nSPS) is 19.0. The molecule has 2 saturated heterocycles. The second-order valence-corrected chi connectivity index (χ2v) is 10.5. The van der Waals surface area contributed by atoms with E-state index in [0.717, 1.165) is 28.8 Å². The van der Waals surface area contributed by atoms with Gasteiger partial charge in [-0.3, -0.25) is 19.3 Å². The van der Waals surface area contributed by atoms with E-state index in [2.05, 4.69) is 10.2 Å². The van der Waals surface area contributed by atoms with Gasteiger partial charge in [0.15, 0.2) is 0 Å². The molecule has 8 nitrogen and oxygen atoms in total. The first-order valence-electron chi connectivity index (χ1n) is 12.4. The molecule has 9 heteroatoms. The number of rotatable bonds is 6. The van der Waals surface area contributed by atoms with Crippen LogP contribution in [0, 0.1) is 12.8 Å². The van der Waals surface area contributed by atoms with Crippen LogP contribution in [0.2, 0.25) is 0 Å². The van der Waals surface area contributed by atoms with Crippen LogP contribution >= 0.6 is 11.3 Å². The lowest BCUT2D eigenvalue weighted by atomic mass is 10.1. The first-order valence-corrected chi connectivity index (χ1v) is 13.2. The maximum absolute atomic E-state index is 13.5. The highest BCUT2D eigenvalue weighted by atomic mass is 32.1. The van der Waals surface area contributed by atoms with Crippen LogP contribution in [0.15, 0.2) is 30.3 Å². The molecule has 35 heavy (non-hydrogen) atoms. The molecule has 3 fully saturated rings. The van der Waals surface area contributed by atoms with Crippen LogP contribution in [0.5, 0.6) is 0 Å². The van der Waals surface area contributed by atoms with E-state index in [0.29, 0.717) is 63.0 Å². The molecule has 3 amide bonds. The summed E-state index contributed by atoms with van der Waals surface area (Å²) in [5, 5.41) is 3.65. The zero-order valence-electron chi connectivity index (χ0n) is 20.1. The zero-order chi connectivity index (χ0) is 24.4. The molecule has 1 aromatic carbocycles. The maximum Gasteiger partial charge on any atom is 0.257 e. The van der Waals surface area contributed by atoms with Crippen LogP contribution in [0.1, 0.15) is 28.8 Å². The number of hydrogen-bond donors (Lipinski definition) is 1. The second kappa shape index (κ2) is 10.5. The van der Waals surface area contributed by atoms with Crippen molar-refractivity contribution in [3.05, 3.63) is 41.5 Å². The Morgan fingerprint density at radius 2 is 1.66 bits per heavy atom. The summed E-state index contributed by atoms with van der Waals surface area (Å²) < 4.78 is 5.42. The van der Waals surface area contributed by atoms with Crippen molar-refractivity contribution in [2.45, 2.75) is 19.8 Å². The number of piperazine rings is 1. The molecular formula is C26H32N4O4S. The third-order valence-electron chi connectivity index (χ3n) is 6.93. The van der Waals surface area contributed by atoms with Gasteiger partial charge >= 0.3 is 0 Å². The van der Waals surface area contributed by atoms with Gasteiger partial charge in [-0.1, -0.05) is 30.3 Å². The Morgan fingerprint density at radius 1 is 0.971 bits per heavy atom. The van der Waals surface area contributed by atoms with Gasteiger partial charge in [0.1, 0.15) is 5.00 Å². The third-order valence-corrected chi connectivity index (χ3v) is 8.18. The molecule has 1 N–H and O–H groups in total. The molecule has 186 valence electrons. The predicted octanol–water partition coefficient (Wildman–Crippen LogP) is 2.69. The highest BCUT2D eigenvalue weighted by Gasteiger charge is 2.35. The fourth-order valence-electron chi connectivity index (χ4n) is 4.73. The molecule has 3 aliphatic rings. The van der Waals surface area contributed by atoms with Gasteiger partial charge in [-0.25, -0.2) is 0 Å². The summed E-state index contributed by atoms with van der Waals surface area (Å²) in [5.74, 6) is 0.298. The standard InChI is InChI=1S/C26H32N4O4S/c1-18-22(26(33)30-13-15-34-16-14-30)24(35-23(18)19-5-3-2-4-6-19)27-21(31)17-28-9-11-29(12-10-28)25(32)20-7-8-20/h2-6,20H,7-17H2,1H3,(H,27,31). The van der Waals surface area contributed by atoms with E-state index < -0.39 is 0 Å². The van der Waals surface area contributed by atoms with Crippen LogP contribution in [0.25, 0.3) is 10.4 Å². The minimum absolute atomic E-state index is 0.0632. The van der Waals surface area contributed by atoms with Gasteiger partial charge in [0.05, 0.1) is 25.3 Å². The molecule has 0 radical (unpaired) electrons. The number of hydrogen-bond acceptors (Lipinski definition) is 6. The largest absolute Gasteiger partial charge is 0.378 e. The van der Waals surface area contributed by atoms with Crippen molar-refractivity contribution in [3.8, 4) is 10.4 Å². The molecule has 2 aromatic rings. The van der Waals surface area contributed by atoms with E-state index in [1.54, 1.807) is 4.90 Å². The van der Waals surface area contributed by atoms with Crippen LogP contribution in [-0.2, 0) is 14.3 Å². The molecule has 1 aliphatic carbocycles. The van der Waals surface area contributed by atoms with Crippen LogP contribution in [-0.4, -0.2) is 91.4 Å². The number of nitrogens with zero attached hydrogens (tertiary/aromatic N) is 3. The summed E-state index contributed by atoms with van der Waals surface area (Å²) in [5.41, 5.74) is 2.49. The van der Waals surface area contributed by atoms with Gasteiger partial charge in [-0.05, 0) is 30.9 Å². The molecule has 5 rings (SSSR count). The monoisotopic (exact) mass is 496 g/mol. The van der Waals surface area contributed by atoms with Gasteiger partial charge in [-0.15, -0.1) is 11.3 Å². The fourth-order valence-corrected chi connectivity index (χ4v) is 5.95. The minimum atomic E-state index is -0.135. The lowest BCUT2D eigenvalue weighted by molar-refractivity contribution is -0.134. The average Bonchev–Trinajstić information content (AvgIpc) is 3.69. The molecule has 0 atom stereocenters. The van der Waals surface area contributed by atoms with Crippen molar-refractivity contribution in [3.63, 3.8) is 0 Å². The summed E-state index contributed by atoms with van der Waals surface area (Å²) in [6.07, 6.45) is 2.02. The molecule has 0 spiro atoms. The number of carbonyl (C=O) groups excluding carboxylic acids is 3. The number of ether oxygens (including phenoxy) is 1. The molecule has 0 bridgehead atoms. The maximum atomic E-state index is 13.5. The molecule has 0 unspecified atom stereocenters. The lowest BCUT2D eigenvalue weighted by Gasteiger charge is -2.34. The molecule has 2 aliphatic heterocycles. The number of anilines is 1. The number of carbonyl (C=O) groups is 3. The Labute approximate surface area is 209 Å². The van der Waals surface area contributed by atoms with Crippen molar-refractivity contribution in [2.24, 2.45) is 5.92 Å². The first kappa shape index (κ1) is 24.0. The number of morpholine rings is 1. The quantitative estimate of drug-likeness (QED) is 0.665. The summed E-state index contributed by atoms with van der Waals surface area (Å²) in [4.78, 5) is 45.6. The Balaban J connectivity index is 1.30. The van der Waals surface area contributed by atoms with Crippen LogP contribution < -0.4 is 5.32 Å². The zero-order valence-corrected chi connectivity index (χ0v) is 20.9. The van der Waals surface area contributed by atoms with E-state index in [4.69, 9.17) is 4.74 Å². The van der Waals surface area contributed by atoms with Crippen molar-refractivity contribution in [1.29, 1.82) is 0 Å². The van der Waals surface area contributed by atoms with Gasteiger partial charge in [-0.2, -0.15) is 0 Å². The van der Waals surface area contributed by atoms with E-state index in [-0.39, 0.29) is 30.2 Å². The van der Waals surface area contributed by atoms with Gasteiger partial charge in [0.2, 0.25) is 11.8 Å². The highest BCUT2D eigenvalue weighted by molar-refractivity contribution is 7.20. The average molecular weight is 497 g/mol. The smallest absolute Gasteiger partial charge is 0.257 e. The van der Waals surface area contributed by atoms with E-state index in [1.807, 2.05) is 42.2 Å². The number of thiophene rings is 1. The summed E-state index contributed by atoms with van der Waals surface area (Å²) in [6.45, 7) is 7.05. The van der Waals surface area contributed by atoms with Crippen molar-refractivity contribution >= 4 is 34.1 Å². The number of amides is 3. The lowest BCUT2D eigenvalue weighted by Crippen LogP contribution is -2.50. The van der Waals surface area contributed by atoms with Crippen molar-refractivity contribution in [1.82, 2.24) is 14.7 Å². The number of nitrogens with one attached hydrogen (secondary N) is 1. The Morgan fingerprint density at radius 3 is 2.31 bits per heavy atom. The van der Waals surface area contributed by atoms with Crippen molar-refractivity contribution < 1.29 is 19.1 Å². The summed E-state index contributed by atoms with van der Waals surface area (Å²) >= 11 is 1.45. The van der Waals surface area contributed by atoms with Gasteiger partial charge in [0.25, 0.3) is 5.91 Å². The van der Waals surface area contributed by atoms with Crippen LogP contribution in [0.4, 0.5) is 5.00 Å². The molecule has 3 heterocycles. The third kappa shape index (κ3) is 5.42. The van der Waals surface area contributed by atoms with Gasteiger partial charge < -0.3 is 19.9 Å². The Hall–Kier alpha value is -2.75. The first-order chi connectivity index (χ1) is 17.0. The Kier molecular flexibility index (Phi) is 7.17. The molecule has 1 saturated carbocycles. The van der Waals surface area contributed by atoms with E-state index in [1.165, 1.54) is 11.3 Å². The summed E-state index contributed by atoms with van der Waals surface area (Å²) in [6, 6.07) is 9.96. The molecular weight excluding hydrogens is 464 g/mol. The number of benzene rings is 1.